The van der Waals surface area contributed by atoms with E-state index in [1.54, 1.807) is 38.2 Å². The molecule has 1 aliphatic heterocycles. The van der Waals surface area contributed by atoms with Crippen LogP contribution in [-0.4, -0.2) is 49.3 Å². The van der Waals surface area contributed by atoms with Crippen LogP contribution in [0.5, 0.6) is 0 Å². The van der Waals surface area contributed by atoms with Gasteiger partial charge in [0.25, 0.3) is 0 Å². The molecule has 0 spiro atoms. The maximum absolute atomic E-state index is 13.5. The van der Waals surface area contributed by atoms with E-state index >= 15 is 0 Å². The monoisotopic (exact) mass is 446 g/mol. The fourth-order valence-electron chi connectivity index (χ4n) is 5.61. The van der Waals surface area contributed by atoms with E-state index in [0.717, 1.165) is 0 Å². The van der Waals surface area contributed by atoms with E-state index in [2.05, 4.69) is 0 Å². The topological polar surface area (TPSA) is 105 Å². The summed E-state index contributed by atoms with van der Waals surface area (Å²) < 4.78 is 21.5. The lowest BCUT2D eigenvalue weighted by Gasteiger charge is -2.54. The third kappa shape index (κ3) is 3.65. The van der Waals surface area contributed by atoms with E-state index in [1.807, 2.05) is 0 Å². The molecule has 32 heavy (non-hydrogen) atoms. The van der Waals surface area contributed by atoms with Crippen LogP contribution >= 0.6 is 0 Å². The molecule has 2 aliphatic carbocycles. The lowest BCUT2D eigenvalue weighted by atomic mass is 9.62. The first-order valence-corrected chi connectivity index (χ1v) is 10.7. The Morgan fingerprint density at radius 3 is 2.50 bits per heavy atom. The van der Waals surface area contributed by atoms with E-state index in [4.69, 9.17) is 18.9 Å². The van der Waals surface area contributed by atoms with Gasteiger partial charge >= 0.3 is 23.9 Å². The maximum atomic E-state index is 13.5. The summed E-state index contributed by atoms with van der Waals surface area (Å²) in [6.07, 6.45) is 8.66. The second-order valence-electron chi connectivity index (χ2n) is 8.86. The van der Waals surface area contributed by atoms with Gasteiger partial charge in [0, 0.05) is 24.0 Å². The Balaban J connectivity index is 2.04. The van der Waals surface area contributed by atoms with Crippen LogP contribution in [0.2, 0.25) is 0 Å². The zero-order chi connectivity index (χ0) is 23.7. The van der Waals surface area contributed by atoms with Crippen molar-refractivity contribution in [2.75, 3.05) is 14.2 Å². The largest absolute Gasteiger partial charge is 0.466 e. The average molecular weight is 446 g/mol. The number of cyclic esters (lactones) is 1. The highest BCUT2D eigenvalue weighted by Gasteiger charge is 2.74. The second-order valence-corrected chi connectivity index (χ2v) is 8.86. The van der Waals surface area contributed by atoms with Gasteiger partial charge in [0.15, 0.2) is 0 Å². The smallest absolute Gasteiger partial charge is 0.333 e. The molecule has 0 aromatic carbocycles. The molecule has 8 nitrogen and oxygen atoms in total. The highest BCUT2D eigenvalue weighted by molar-refractivity contribution is 5.90. The van der Waals surface area contributed by atoms with Crippen LogP contribution in [0.3, 0.4) is 0 Å². The zero-order valence-corrected chi connectivity index (χ0v) is 19.2. The molecule has 0 aromatic rings. The van der Waals surface area contributed by atoms with Crippen LogP contribution in [0.15, 0.2) is 35.5 Å². The molecule has 8 heteroatoms. The number of allylic oxidation sites excluding steroid dienone is 3. The van der Waals surface area contributed by atoms with Crippen molar-refractivity contribution in [3.63, 3.8) is 0 Å². The summed E-state index contributed by atoms with van der Waals surface area (Å²) in [6, 6.07) is 0. The van der Waals surface area contributed by atoms with Gasteiger partial charge in [0.2, 0.25) is 0 Å². The van der Waals surface area contributed by atoms with Gasteiger partial charge < -0.3 is 18.9 Å². The highest BCUT2D eigenvalue weighted by Crippen LogP contribution is 2.65. The van der Waals surface area contributed by atoms with Crippen LogP contribution in [0.4, 0.5) is 0 Å². The highest BCUT2D eigenvalue weighted by atomic mass is 16.6. The number of rotatable bonds is 5. The van der Waals surface area contributed by atoms with Crippen molar-refractivity contribution < 1.29 is 38.1 Å². The van der Waals surface area contributed by atoms with E-state index in [-0.39, 0.29) is 12.3 Å². The molecule has 1 saturated carbocycles. The lowest BCUT2D eigenvalue weighted by molar-refractivity contribution is -0.235. The minimum atomic E-state index is -1.11. The zero-order valence-electron chi connectivity index (χ0n) is 19.2. The van der Waals surface area contributed by atoms with Crippen molar-refractivity contribution in [1.82, 2.24) is 0 Å². The lowest BCUT2D eigenvalue weighted by Crippen LogP contribution is -2.65. The van der Waals surface area contributed by atoms with Crippen molar-refractivity contribution >= 4 is 23.9 Å². The van der Waals surface area contributed by atoms with Crippen LogP contribution in [0.1, 0.15) is 52.9 Å². The summed E-state index contributed by atoms with van der Waals surface area (Å²) in [6.45, 7) is 4.74. The van der Waals surface area contributed by atoms with Crippen LogP contribution in [0.25, 0.3) is 0 Å². The minimum absolute atomic E-state index is 0.237. The molecule has 0 aromatic heterocycles. The molecule has 1 unspecified atom stereocenters. The second kappa shape index (κ2) is 8.56. The molecule has 1 heterocycles. The first-order valence-electron chi connectivity index (χ1n) is 10.7. The molecule has 174 valence electrons. The summed E-state index contributed by atoms with van der Waals surface area (Å²) in [7, 11) is 2.62. The average Bonchev–Trinajstić information content (AvgIpc) is 2.89. The number of methoxy groups -OCH3 is 2. The van der Waals surface area contributed by atoms with Gasteiger partial charge in [-0.2, -0.15) is 0 Å². The molecular weight excluding hydrogens is 416 g/mol. The minimum Gasteiger partial charge on any atom is -0.466 e. The van der Waals surface area contributed by atoms with Gasteiger partial charge in [-0.15, -0.1) is 0 Å². The predicted octanol–water partition coefficient (Wildman–Crippen LogP) is 2.96. The molecule has 3 rings (SSSR count). The number of hydrogen-bond acceptors (Lipinski definition) is 8. The van der Waals surface area contributed by atoms with Crippen molar-refractivity contribution in [2.45, 2.75) is 64.1 Å². The number of esters is 4. The van der Waals surface area contributed by atoms with Gasteiger partial charge in [0.1, 0.15) is 16.6 Å². The van der Waals surface area contributed by atoms with Gasteiger partial charge in [-0.3, -0.25) is 9.59 Å². The van der Waals surface area contributed by atoms with Crippen LogP contribution in [-0.2, 0) is 38.1 Å². The summed E-state index contributed by atoms with van der Waals surface area (Å²) in [5, 5.41) is 0. The Bertz CT molecular complexity index is 928. The van der Waals surface area contributed by atoms with Crippen molar-refractivity contribution in [2.24, 2.45) is 11.3 Å². The summed E-state index contributed by atoms with van der Waals surface area (Å²) >= 11 is 0. The molecule has 3 aliphatic rings. The number of carbonyl (C=O) groups excluding carboxylic acids is 4. The maximum Gasteiger partial charge on any atom is 0.333 e. The number of carbonyl (C=O) groups is 4. The van der Waals surface area contributed by atoms with Crippen molar-refractivity contribution in [3.05, 3.63) is 35.5 Å². The summed E-state index contributed by atoms with van der Waals surface area (Å²) in [4.78, 5) is 49.5. The fourth-order valence-corrected chi connectivity index (χ4v) is 5.61. The van der Waals surface area contributed by atoms with Crippen molar-refractivity contribution in [1.29, 1.82) is 0 Å². The standard InChI is InChI=1S/C24H30O8/c1-15(19(26)29-4)7-6-11-22(3)18-10-13-23(21(28)32-22)12-8-17(20(27)30-5)9-14-24(18,23)31-16(2)25/h6-8,11,18H,9-10,12-14H2,1-5H3/t18?,22-,23-,24+/m1/s1. The first-order chi connectivity index (χ1) is 15.0. The summed E-state index contributed by atoms with van der Waals surface area (Å²) in [5.41, 5.74) is -2.36. The Morgan fingerprint density at radius 2 is 1.88 bits per heavy atom. The van der Waals surface area contributed by atoms with Crippen LogP contribution < -0.4 is 0 Å². The number of hydrogen-bond donors (Lipinski definition) is 0. The molecule has 0 N–H and O–H groups in total. The Labute approximate surface area is 187 Å². The Hall–Kier alpha value is -2.90. The molecule has 4 atom stereocenters. The van der Waals surface area contributed by atoms with Crippen molar-refractivity contribution in [3.8, 4) is 0 Å². The predicted molar refractivity (Wildman–Crippen MR) is 113 cm³/mol. The normalized spacial score (nSPS) is 34.2. The molecule has 0 amide bonds. The molecule has 2 bridgehead atoms. The van der Waals surface area contributed by atoms with E-state index in [0.29, 0.717) is 36.8 Å². The quantitative estimate of drug-likeness (QED) is 0.275. The molecular formula is C24H30O8. The molecule has 2 fully saturated rings. The number of ether oxygens (including phenoxy) is 4. The van der Waals surface area contributed by atoms with E-state index in [1.165, 1.54) is 21.1 Å². The summed E-state index contributed by atoms with van der Waals surface area (Å²) in [5.74, 6) is -2.15. The van der Waals surface area contributed by atoms with Gasteiger partial charge in [-0.1, -0.05) is 18.2 Å². The Kier molecular flexibility index (Phi) is 6.36. The molecule has 1 saturated heterocycles. The van der Waals surface area contributed by atoms with Gasteiger partial charge in [-0.25, -0.2) is 9.59 Å². The van der Waals surface area contributed by atoms with Crippen LogP contribution in [0, 0.1) is 11.3 Å². The first kappa shape index (κ1) is 23.8. The SMILES string of the molecule is COC(=O)C(C)=CC=C[C@@]1(C)OC(=O)[C@]23CC=C(C(=O)OC)CC[C@]2(OC(C)=O)C1CC3. The Morgan fingerprint density at radius 1 is 1.16 bits per heavy atom. The fraction of sp³-hybridized carbons (Fsp3) is 0.583. The third-order valence-corrected chi connectivity index (χ3v) is 7.14. The van der Waals surface area contributed by atoms with E-state index in [9.17, 15) is 19.2 Å². The third-order valence-electron chi connectivity index (χ3n) is 7.14. The van der Waals surface area contributed by atoms with Gasteiger partial charge in [0.05, 0.1) is 14.2 Å². The molecule has 0 radical (unpaired) electrons. The van der Waals surface area contributed by atoms with E-state index < -0.39 is 40.5 Å². The van der Waals surface area contributed by atoms with Gasteiger partial charge in [-0.05, 0) is 52.0 Å².